The molecule has 4 aromatic rings. The lowest BCUT2D eigenvalue weighted by Crippen LogP contribution is -2.50. The number of carboxylic acids is 2. The van der Waals surface area contributed by atoms with E-state index in [1.807, 2.05) is 86.6 Å². The van der Waals surface area contributed by atoms with E-state index in [4.69, 9.17) is 10.5 Å². The number of esters is 1. The van der Waals surface area contributed by atoms with Crippen LogP contribution < -0.4 is 11.1 Å². The molecule has 10 heteroatoms. The Hall–Kier alpha value is -5.48. The number of aliphatic carboxylic acids is 2. The van der Waals surface area contributed by atoms with Crippen molar-refractivity contribution in [3.05, 3.63) is 120 Å². The number of carboxylic acid groups (broad SMARTS) is 2. The molecule has 5 N–H and O–H groups in total. The fraction of sp³-hybridized carbons (Fsp3) is 0.364. The predicted octanol–water partition coefficient (Wildman–Crippen LogP) is 7.45. The highest BCUT2D eigenvalue weighted by Gasteiger charge is 2.35. The summed E-state index contributed by atoms with van der Waals surface area (Å²) in [6.07, 6.45) is 3.19. The summed E-state index contributed by atoms with van der Waals surface area (Å²) >= 11 is 0. The summed E-state index contributed by atoms with van der Waals surface area (Å²) in [6.45, 7) is 6.10. The molecule has 1 aliphatic rings. The Balaban J connectivity index is 0.000000252. The number of nitrogens with two attached hydrogens (primary N) is 1. The van der Waals surface area contributed by atoms with Gasteiger partial charge in [-0.15, -0.1) is 0 Å². The number of likely N-dealkylation sites (tertiary alicyclic amines) is 1. The molecular weight excluding hydrogens is 682 g/mol. The summed E-state index contributed by atoms with van der Waals surface area (Å²) < 4.78 is 5.02. The lowest BCUT2D eigenvalue weighted by Gasteiger charge is -2.27. The first kappa shape index (κ1) is 41.3. The summed E-state index contributed by atoms with van der Waals surface area (Å²) in [5.41, 5.74) is 12.9. The zero-order valence-corrected chi connectivity index (χ0v) is 31.4. The maximum Gasteiger partial charge on any atom is 0.326 e. The molecule has 5 atom stereocenters. The van der Waals surface area contributed by atoms with Crippen molar-refractivity contribution in [3.63, 3.8) is 0 Å². The summed E-state index contributed by atoms with van der Waals surface area (Å²) in [5, 5.41) is 21.5. The number of benzene rings is 4. The predicted molar refractivity (Wildman–Crippen MR) is 211 cm³/mol. The molecule has 1 aliphatic heterocycles. The summed E-state index contributed by atoms with van der Waals surface area (Å²) in [6, 6.07) is 34.9. The number of ether oxygens (including phenoxy) is 1. The van der Waals surface area contributed by atoms with Gasteiger partial charge in [-0.25, -0.2) is 9.59 Å². The molecule has 0 bridgehead atoms. The van der Waals surface area contributed by atoms with E-state index in [-0.39, 0.29) is 24.3 Å². The molecule has 5 rings (SSSR count). The molecule has 0 radical (unpaired) electrons. The van der Waals surface area contributed by atoms with Gasteiger partial charge < -0.3 is 30.9 Å². The van der Waals surface area contributed by atoms with Crippen LogP contribution in [0, 0.1) is 11.8 Å². The van der Waals surface area contributed by atoms with Crippen LogP contribution in [0.2, 0.25) is 0 Å². The van der Waals surface area contributed by atoms with Crippen LogP contribution >= 0.6 is 0 Å². The van der Waals surface area contributed by atoms with Crippen molar-refractivity contribution >= 4 is 23.9 Å². The number of hydrogen-bond acceptors (Lipinski definition) is 6. The van der Waals surface area contributed by atoms with Gasteiger partial charge in [0.05, 0.1) is 18.4 Å². The van der Waals surface area contributed by atoms with Gasteiger partial charge in [0.15, 0.2) is 0 Å². The van der Waals surface area contributed by atoms with Crippen molar-refractivity contribution < 1.29 is 34.1 Å². The zero-order chi connectivity index (χ0) is 39.0. The van der Waals surface area contributed by atoms with E-state index in [2.05, 4.69) is 41.7 Å². The highest BCUT2D eigenvalue weighted by molar-refractivity contribution is 5.83. The van der Waals surface area contributed by atoms with E-state index in [9.17, 15) is 29.4 Å². The number of nitrogens with zero attached hydrogens (tertiary/aromatic N) is 1. The average molecular weight is 736 g/mol. The third-order valence-corrected chi connectivity index (χ3v) is 9.63. The first-order chi connectivity index (χ1) is 25.9. The minimum Gasteiger partial charge on any atom is -0.481 e. The number of nitrogens with one attached hydrogen (secondary N) is 1. The van der Waals surface area contributed by atoms with Gasteiger partial charge in [-0.3, -0.25) is 9.59 Å². The van der Waals surface area contributed by atoms with Crippen molar-refractivity contribution in [2.45, 2.75) is 77.4 Å². The number of urea groups is 1. The van der Waals surface area contributed by atoms with Crippen LogP contribution in [0.3, 0.4) is 0 Å². The van der Waals surface area contributed by atoms with E-state index < -0.39 is 36.0 Å². The van der Waals surface area contributed by atoms with Crippen molar-refractivity contribution in [1.29, 1.82) is 0 Å². The van der Waals surface area contributed by atoms with Gasteiger partial charge >= 0.3 is 23.9 Å². The molecule has 2 amide bonds. The summed E-state index contributed by atoms with van der Waals surface area (Å²) in [4.78, 5) is 48.5. The number of carbonyl (C=O) groups is 4. The fourth-order valence-corrected chi connectivity index (χ4v) is 6.68. The summed E-state index contributed by atoms with van der Waals surface area (Å²) in [5.74, 6) is -2.90. The molecule has 0 aromatic heterocycles. The van der Waals surface area contributed by atoms with E-state index in [1.165, 1.54) is 21.6 Å². The van der Waals surface area contributed by atoms with Gasteiger partial charge in [-0.05, 0) is 78.8 Å². The van der Waals surface area contributed by atoms with Crippen molar-refractivity contribution in [2.24, 2.45) is 17.6 Å². The second kappa shape index (κ2) is 20.7. The van der Waals surface area contributed by atoms with E-state index in [0.29, 0.717) is 38.8 Å². The lowest BCUT2D eigenvalue weighted by molar-refractivity contribution is -0.147. The molecular formula is C44H53N3O7. The molecule has 1 fully saturated rings. The van der Waals surface area contributed by atoms with Gasteiger partial charge in [-0.2, -0.15) is 0 Å². The topological polar surface area (TPSA) is 159 Å². The van der Waals surface area contributed by atoms with Crippen LogP contribution in [0.15, 0.2) is 109 Å². The fourth-order valence-electron chi connectivity index (χ4n) is 6.68. The Morgan fingerprint density at radius 1 is 0.741 bits per heavy atom. The monoisotopic (exact) mass is 735 g/mol. The van der Waals surface area contributed by atoms with Crippen molar-refractivity contribution in [2.75, 3.05) is 13.2 Å². The SMILES string of the molecule is CCOC(=O)[C@H](C)C[C@H](N)Cc1ccc(-c2ccccc2)cc1.C[C@H](C[C@@H](Cc1ccc(-c2ccccc2)cc1)NC(=O)N1CCC[C@H]1C(=O)O)C(=O)O. The Morgan fingerprint density at radius 2 is 1.24 bits per heavy atom. The molecule has 1 saturated heterocycles. The van der Waals surface area contributed by atoms with Gasteiger partial charge in [0.2, 0.25) is 0 Å². The lowest BCUT2D eigenvalue weighted by atomic mass is 9.95. The minimum absolute atomic E-state index is 0.0445. The number of rotatable bonds is 15. The van der Waals surface area contributed by atoms with Crippen LogP contribution in [-0.4, -0.2) is 70.3 Å². The molecule has 1 heterocycles. The van der Waals surface area contributed by atoms with Crippen LogP contribution in [-0.2, 0) is 32.0 Å². The number of hydrogen-bond donors (Lipinski definition) is 4. The standard InChI is InChI=1S/C24H28N2O5.C20H25NO2/c1-16(22(27)28)14-20(25-24(31)26-13-5-8-21(26)23(29)30)15-17-9-11-19(12-10-17)18-6-3-2-4-7-18;1-3-23-20(22)15(2)13-19(21)14-16-9-11-18(12-10-16)17-7-5-4-6-8-17/h2-4,6-7,9-12,16,20-21H,5,8,13-15H2,1H3,(H,25,31)(H,27,28)(H,29,30);4-12,15,19H,3,13-14,21H2,1-2H3/t16-,20+,21+;15-,19+/m11/s1. The largest absolute Gasteiger partial charge is 0.481 e. The van der Waals surface area contributed by atoms with Crippen molar-refractivity contribution in [1.82, 2.24) is 10.2 Å². The Bertz CT molecular complexity index is 1780. The van der Waals surface area contributed by atoms with E-state index in [1.54, 1.807) is 6.92 Å². The molecule has 4 aromatic carbocycles. The third kappa shape index (κ3) is 12.6. The highest BCUT2D eigenvalue weighted by atomic mass is 16.5. The Labute approximate surface area is 318 Å². The number of amides is 2. The first-order valence-corrected chi connectivity index (χ1v) is 18.7. The molecule has 0 saturated carbocycles. The van der Waals surface area contributed by atoms with Gasteiger partial charge in [0, 0.05) is 18.6 Å². The van der Waals surface area contributed by atoms with Crippen LogP contribution in [0.25, 0.3) is 22.3 Å². The maximum absolute atomic E-state index is 12.8. The van der Waals surface area contributed by atoms with E-state index >= 15 is 0 Å². The van der Waals surface area contributed by atoms with Gasteiger partial charge in [0.1, 0.15) is 6.04 Å². The Morgan fingerprint density at radius 3 is 1.72 bits per heavy atom. The van der Waals surface area contributed by atoms with Crippen LogP contribution in [0.1, 0.15) is 57.6 Å². The molecule has 0 aliphatic carbocycles. The van der Waals surface area contributed by atoms with Gasteiger partial charge in [-0.1, -0.05) is 123 Å². The summed E-state index contributed by atoms with van der Waals surface area (Å²) in [7, 11) is 0. The first-order valence-electron chi connectivity index (χ1n) is 18.7. The van der Waals surface area contributed by atoms with E-state index in [0.717, 1.165) is 23.1 Å². The van der Waals surface area contributed by atoms with Crippen LogP contribution in [0.5, 0.6) is 0 Å². The second-order valence-corrected chi connectivity index (χ2v) is 14.0. The molecule has 0 spiro atoms. The normalized spacial score (nSPS) is 15.9. The van der Waals surface area contributed by atoms with Gasteiger partial charge in [0.25, 0.3) is 0 Å². The third-order valence-electron chi connectivity index (χ3n) is 9.63. The smallest absolute Gasteiger partial charge is 0.326 e. The number of carbonyl (C=O) groups excluding carboxylic acids is 2. The second-order valence-electron chi connectivity index (χ2n) is 14.0. The highest BCUT2D eigenvalue weighted by Crippen LogP contribution is 2.23. The Kier molecular flexibility index (Phi) is 15.8. The van der Waals surface area contributed by atoms with Crippen LogP contribution in [0.4, 0.5) is 4.79 Å². The molecule has 286 valence electrons. The molecule has 54 heavy (non-hydrogen) atoms. The molecule has 0 unspecified atom stereocenters. The quantitative estimate of drug-likeness (QED) is 0.0917. The minimum atomic E-state index is -1.01. The maximum atomic E-state index is 12.8. The van der Waals surface area contributed by atoms with Crippen molar-refractivity contribution in [3.8, 4) is 22.3 Å². The molecule has 10 nitrogen and oxygen atoms in total. The average Bonchev–Trinajstić information content (AvgIpc) is 3.68. The zero-order valence-electron chi connectivity index (χ0n) is 31.4.